The Kier molecular flexibility index (Phi) is 6.51. The molecule has 2 nitrogen and oxygen atoms in total. The van der Waals surface area contributed by atoms with Crippen LogP contribution in [0.1, 0.15) is 39.2 Å². The Balaban J connectivity index is 2.82. The van der Waals surface area contributed by atoms with Gasteiger partial charge in [0.05, 0.1) is 10.7 Å². The van der Waals surface area contributed by atoms with E-state index in [0.717, 1.165) is 30.2 Å². The number of benzene rings is 1. The van der Waals surface area contributed by atoms with E-state index in [1.807, 2.05) is 6.92 Å². The Morgan fingerprint density at radius 2 is 2.06 bits per heavy atom. The van der Waals surface area contributed by atoms with Gasteiger partial charge in [-0.15, -0.1) is 0 Å². The first kappa shape index (κ1) is 15.3. The molecule has 0 spiro atoms. The van der Waals surface area contributed by atoms with E-state index in [0.29, 0.717) is 0 Å². The minimum absolute atomic E-state index is 0.175. The van der Waals surface area contributed by atoms with Crippen molar-refractivity contribution in [1.29, 1.82) is 0 Å². The van der Waals surface area contributed by atoms with Crippen LogP contribution in [0.25, 0.3) is 0 Å². The molecule has 0 amide bonds. The summed E-state index contributed by atoms with van der Waals surface area (Å²) in [6.45, 7) is 8.45. The molecule has 0 aromatic heterocycles. The molecule has 1 aromatic carbocycles. The number of halogens is 1. The predicted octanol–water partition coefficient (Wildman–Crippen LogP) is 3.86. The van der Waals surface area contributed by atoms with Crippen LogP contribution in [0.4, 0.5) is 5.69 Å². The van der Waals surface area contributed by atoms with Gasteiger partial charge in [-0.3, -0.25) is 0 Å². The van der Waals surface area contributed by atoms with Crippen LogP contribution in [-0.2, 0) is 6.42 Å². The van der Waals surface area contributed by atoms with Crippen molar-refractivity contribution in [2.75, 3.05) is 18.0 Å². The molecule has 0 aliphatic rings. The van der Waals surface area contributed by atoms with Gasteiger partial charge in [0.1, 0.15) is 0 Å². The van der Waals surface area contributed by atoms with Gasteiger partial charge in [0.2, 0.25) is 0 Å². The minimum Gasteiger partial charge on any atom is -0.371 e. The largest absolute Gasteiger partial charge is 0.371 e. The van der Waals surface area contributed by atoms with Gasteiger partial charge in [-0.25, -0.2) is 0 Å². The standard InChI is InChI=1S/C15H25ClN2/c1-4-6-9-18(5-2)15-8-7-13(10-12(3)17)11-14(15)16/h7-8,11-12H,4-6,9-10,17H2,1-3H3. The number of nitrogens with two attached hydrogens (primary N) is 1. The lowest BCUT2D eigenvalue weighted by Gasteiger charge is -2.24. The van der Waals surface area contributed by atoms with Crippen molar-refractivity contribution < 1.29 is 0 Å². The molecule has 1 atom stereocenters. The zero-order valence-electron chi connectivity index (χ0n) is 11.7. The highest BCUT2D eigenvalue weighted by Crippen LogP contribution is 2.27. The highest BCUT2D eigenvalue weighted by atomic mass is 35.5. The van der Waals surface area contributed by atoms with Crippen molar-refractivity contribution in [3.63, 3.8) is 0 Å². The lowest BCUT2D eigenvalue weighted by Crippen LogP contribution is -2.24. The molecule has 0 radical (unpaired) electrons. The lowest BCUT2D eigenvalue weighted by atomic mass is 10.1. The van der Waals surface area contributed by atoms with Crippen LogP contribution in [0.15, 0.2) is 18.2 Å². The Morgan fingerprint density at radius 3 is 2.56 bits per heavy atom. The molecule has 0 saturated carbocycles. The van der Waals surface area contributed by atoms with Crippen LogP contribution in [0.3, 0.4) is 0 Å². The van der Waals surface area contributed by atoms with Crippen LogP contribution in [0.2, 0.25) is 5.02 Å². The number of anilines is 1. The van der Waals surface area contributed by atoms with Gasteiger partial charge in [-0.1, -0.05) is 31.0 Å². The smallest absolute Gasteiger partial charge is 0.0642 e. The first-order valence-electron chi connectivity index (χ1n) is 6.87. The number of nitrogens with zero attached hydrogens (tertiary/aromatic N) is 1. The summed E-state index contributed by atoms with van der Waals surface area (Å²) < 4.78 is 0. The molecule has 0 fully saturated rings. The van der Waals surface area contributed by atoms with Crippen molar-refractivity contribution in [1.82, 2.24) is 0 Å². The molecule has 18 heavy (non-hydrogen) atoms. The molecule has 0 bridgehead atoms. The number of hydrogen-bond donors (Lipinski definition) is 1. The van der Waals surface area contributed by atoms with Crippen LogP contribution >= 0.6 is 11.6 Å². The van der Waals surface area contributed by atoms with Gasteiger partial charge < -0.3 is 10.6 Å². The molecule has 1 rings (SSSR count). The van der Waals surface area contributed by atoms with E-state index in [1.54, 1.807) is 0 Å². The molecule has 0 aliphatic carbocycles. The van der Waals surface area contributed by atoms with Crippen molar-refractivity contribution in [3.8, 4) is 0 Å². The maximum Gasteiger partial charge on any atom is 0.0642 e. The topological polar surface area (TPSA) is 29.3 Å². The van der Waals surface area contributed by atoms with E-state index in [4.69, 9.17) is 17.3 Å². The number of hydrogen-bond acceptors (Lipinski definition) is 2. The molecule has 1 aromatic rings. The molecule has 3 heteroatoms. The summed E-state index contributed by atoms with van der Waals surface area (Å²) in [5, 5.41) is 0.839. The van der Waals surface area contributed by atoms with E-state index in [2.05, 4.69) is 36.9 Å². The first-order chi connectivity index (χ1) is 8.58. The van der Waals surface area contributed by atoms with Gasteiger partial charge in [0.25, 0.3) is 0 Å². The quantitative estimate of drug-likeness (QED) is 0.814. The Labute approximate surface area is 116 Å². The molecule has 2 N–H and O–H groups in total. The summed E-state index contributed by atoms with van der Waals surface area (Å²) in [4.78, 5) is 2.33. The normalized spacial score (nSPS) is 12.5. The van der Waals surface area contributed by atoms with E-state index in [-0.39, 0.29) is 6.04 Å². The second-order valence-electron chi connectivity index (χ2n) is 4.90. The number of unbranched alkanes of at least 4 members (excludes halogenated alkanes) is 1. The second kappa shape index (κ2) is 7.65. The van der Waals surface area contributed by atoms with Crippen LogP contribution < -0.4 is 10.6 Å². The highest BCUT2D eigenvalue weighted by Gasteiger charge is 2.09. The SMILES string of the molecule is CCCCN(CC)c1ccc(CC(C)N)cc1Cl. The van der Waals surface area contributed by atoms with E-state index in [9.17, 15) is 0 Å². The highest BCUT2D eigenvalue weighted by molar-refractivity contribution is 6.33. The van der Waals surface area contributed by atoms with Crippen LogP contribution in [0.5, 0.6) is 0 Å². The molecular weight excluding hydrogens is 244 g/mol. The Bertz CT molecular complexity index is 364. The Hall–Kier alpha value is -0.730. The number of rotatable bonds is 7. The van der Waals surface area contributed by atoms with Crippen LogP contribution in [-0.4, -0.2) is 19.1 Å². The van der Waals surface area contributed by atoms with Gasteiger partial charge in [0, 0.05) is 19.1 Å². The summed E-state index contributed by atoms with van der Waals surface area (Å²) in [5.41, 5.74) is 8.16. The van der Waals surface area contributed by atoms with Gasteiger partial charge in [-0.2, -0.15) is 0 Å². The lowest BCUT2D eigenvalue weighted by molar-refractivity contribution is 0.728. The molecule has 102 valence electrons. The predicted molar refractivity (Wildman–Crippen MR) is 81.6 cm³/mol. The molecule has 0 heterocycles. The maximum absolute atomic E-state index is 6.38. The fourth-order valence-electron chi connectivity index (χ4n) is 2.10. The average molecular weight is 269 g/mol. The van der Waals surface area contributed by atoms with Gasteiger partial charge in [-0.05, 0) is 44.4 Å². The minimum atomic E-state index is 0.175. The fourth-order valence-corrected chi connectivity index (χ4v) is 2.43. The summed E-state index contributed by atoms with van der Waals surface area (Å²) in [7, 11) is 0. The van der Waals surface area contributed by atoms with Crippen molar-refractivity contribution in [2.24, 2.45) is 5.73 Å². The van der Waals surface area contributed by atoms with E-state index in [1.165, 1.54) is 18.4 Å². The van der Waals surface area contributed by atoms with Crippen molar-refractivity contribution >= 4 is 17.3 Å². The third kappa shape index (κ3) is 4.51. The van der Waals surface area contributed by atoms with Crippen LogP contribution in [0, 0.1) is 0 Å². The fraction of sp³-hybridized carbons (Fsp3) is 0.600. The van der Waals surface area contributed by atoms with E-state index < -0.39 is 0 Å². The second-order valence-corrected chi connectivity index (χ2v) is 5.31. The molecule has 0 saturated heterocycles. The van der Waals surface area contributed by atoms with Gasteiger partial charge >= 0.3 is 0 Å². The zero-order valence-corrected chi connectivity index (χ0v) is 12.5. The van der Waals surface area contributed by atoms with Crippen molar-refractivity contribution in [2.45, 2.75) is 46.1 Å². The zero-order chi connectivity index (χ0) is 13.5. The maximum atomic E-state index is 6.38. The Morgan fingerprint density at radius 1 is 1.33 bits per heavy atom. The summed E-state index contributed by atoms with van der Waals surface area (Å²) >= 11 is 6.38. The van der Waals surface area contributed by atoms with Gasteiger partial charge in [0.15, 0.2) is 0 Å². The average Bonchev–Trinajstić information content (AvgIpc) is 2.31. The third-order valence-corrected chi connectivity index (χ3v) is 3.38. The molecule has 0 aliphatic heterocycles. The van der Waals surface area contributed by atoms with Crippen molar-refractivity contribution in [3.05, 3.63) is 28.8 Å². The monoisotopic (exact) mass is 268 g/mol. The molecule has 1 unspecified atom stereocenters. The first-order valence-corrected chi connectivity index (χ1v) is 7.25. The third-order valence-electron chi connectivity index (χ3n) is 3.07. The summed E-state index contributed by atoms with van der Waals surface area (Å²) in [6.07, 6.45) is 3.28. The molecular formula is C15H25ClN2. The van der Waals surface area contributed by atoms with E-state index >= 15 is 0 Å². The summed E-state index contributed by atoms with van der Waals surface area (Å²) in [6, 6.07) is 6.49. The summed E-state index contributed by atoms with van der Waals surface area (Å²) in [5.74, 6) is 0.